The van der Waals surface area contributed by atoms with E-state index in [0.29, 0.717) is 6.17 Å². The van der Waals surface area contributed by atoms with E-state index in [0.717, 1.165) is 0 Å². The third-order valence-corrected chi connectivity index (χ3v) is 7.66. The van der Waals surface area contributed by atoms with Gasteiger partial charge in [-0.05, 0) is 35.7 Å². The Kier molecular flexibility index (Phi) is 19.0. The molecule has 0 bridgehead atoms. The van der Waals surface area contributed by atoms with E-state index in [1.807, 2.05) is 0 Å². The van der Waals surface area contributed by atoms with E-state index < -0.39 is 0 Å². The molecule has 1 rings (SSSR count). The summed E-state index contributed by atoms with van der Waals surface area (Å²) in [7, 11) is 0. The Balaban J connectivity index is 1.98. The Hall–Kier alpha value is -0.180. The average Bonchev–Trinajstić information content (AvgIpc) is 3.03. The maximum absolute atomic E-state index is 3.82. The molecule has 184 valence electrons. The summed E-state index contributed by atoms with van der Waals surface area (Å²) in [6.45, 7) is 9.38. The highest BCUT2D eigenvalue weighted by atomic mass is 79.9. The largest absolute Gasteiger partial charge is 0.355 e. The highest BCUT2D eigenvalue weighted by Crippen LogP contribution is 2.28. The molecular weight excluding hydrogens is 444 g/mol. The second-order valence-corrected chi connectivity index (χ2v) is 10.7. The van der Waals surface area contributed by atoms with Crippen molar-refractivity contribution in [1.82, 2.24) is 9.80 Å². The van der Waals surface area contributed by atoms with Crippen LogP contribution < -0.4 is 0 Å². The van der Waals surface area contributed by atoms with E-state index in [1.54, 1.807) is 0 Å². The molecular formula is C28H55BrN2. The average molecular weight is 500 g/mol. The summed E-state index contributed by atoms with van der Waals surface area (Å²) in [6, 6.07) is 0. The van der Waals surface area contributed by atoms with Crippen LogP contribution in [0.15, 0.2) is 10.8 Å². The first kappa shape index (κ1) is 28.9. The molecule has 0 N–H and O–H groups in total. The van der Waals surface area contributed by atoms with Crippen LogP contribution in [0, 0.1) is 0 Å². The fourth-order valence-corrected chi connectivity index (χ4v) is 5.51. The Bertz CT molecular complexity index is 423. The SMILES string of the molecule is CCCCCCCCCCCCN1C=C(Br)N(CCCCCCCCCCCC)C1C. The molecule has 0 aliphatic carbocycles. The number of hydrogen-bond acceptors (Lipinski definition) is 2. The second-order valence-electron chi connectivity index (χ2n) is 9.88. The first-order chi connectivity index (χ1) is 15.2. The van der Waals surface area contributed by atoms with Crippen molar-refractivity contribution in [3.63, 3.8) is 0 Å². The summed E-state index contributed by atoms with van der Waals surface area (Å²) in [5, 5.41) is 0. The van der Waals surface area contributed by atoms with Crippen molar-refractivity contribution in [2.45, 2.75) is 155 Å². The minimum atomic E-state index is 0.520. The van der Waals surface area contributed by atoms with Crippen LogP contribution in [0.2, 0.25) is 0 Å². The topological polar surface area (TPSA) is 6.48 Å². The highest BCUT2D eigenvalue weighted by molar-refractivity contribution is 9.11. The summed E-state index contributed by atoms with van der Waals surface area (Å²) >= 11 is 3.82. The standard InChI is InChI=1S/C28H55BrN2/c1-4-6-8-10-12-14-16-18-20-22-24-30-26-28(29)31(27(30)3)25-23-21-19-17-15-13-11-9-7-5-2/h26-27H,4-25H2,1-3H3. The Morgan fingerprint density at radius 1 is 0.581 bits per heavy atom. The highest BCUT2D eigenvalue weighted by Gasteiger charge is 2.26. The molecule has 1 unspecified atom stereocenters. The van der Waals surface area contributed by atoms with Crippen molar-refractivity contribution in [2.24, 2.45) is 0 Å². The molecule has 1 aliphatic rings. The van der Waals surface area contributed by atoms with Crippen LogP contribution in [-0.4, -0.2) is 29.1 Å². The van der Waals surface area contributed by atoms with Gasteiger partial charge in [0.1, 0.15) is 0 Å². The van der Waals surface area contributed by atoms with Gasteiger partial charge in [0.05, 0.1) is 10.8 Å². The monoisotopic (exact) mass is 498 g/mol. The van der Waals surface area contributed by atoms with Crippen molar-refractivity contribution in [1.29, 1.82) is 0 Å². The van der Waals surface area contributed by atoms with Crippen LogP contribution in [0.3, 0.4) is 0 Å². The molecule has 0 saturated carbocycles. The Morgan fingerprint density at radius 3 is 1.35 bits per heavy atom. The number of halogens is 1. The van der Waals surface area contributed by atoms with Gasteiger partial charge in [0.2, 0.25) is 0 Å². The lowest BCUT2D eigenvalue weighted by atomic mass is 10.1. The van der Waals surface area contributed by atoms with E-state index in [9.17, 15) is 0 Å². The quantitative estimate of drug-likeness (QED) is 0.108. The predicted octanol–water partition coefficient (Wildman–Crippen LogP) is 9.99. The molecule has 3 heteroatoms. The van der Waals surface area contributed by atoms with Gasteiger partial charge in [-0.15, -0.1) is 0 Å². The molecule has 0 saturated heterocycles. The lowest BCUT2D eigenvalue weighted by Crippen LogP contribution is -2.37. The van der Waals surface area contributed by atoms with E-state index in [4.69, 9.17) is 0 Å². The van der Waals surface area contributed by atoms with Gasteiger partial charge in [0.15, 0.2) is 0 Å². The van der Waals surface area contributed by atoms with Crippen molar-refractivity contribution in [3.05, 3.63) is 10.8 Å². The zero-order chi connectivity index (χ0) is 22.6. The fourth-order valence-electron chi connectivity index (χ4n) is 4.77. The minimum Gasteiger partial charge on any atom is -0.355 e. The van der Waals surface area contributed by atoms with Crippen molar-refractivity contribution < 1.29 is 0 Å². The molecule has 1 heterocycles. The maximum atomic E-state index is 3.82. The zero-order valence-corrected chi connectivity index (χ0v) is 23.1. The van der Waals surface area contributed by atoms with Crippen LogP contribution in [-0.2, 0) is 0 Å². The smallest absolute Gasteiger partial charge is 0.0987 e. The zero-order valence-electron chi connectivity index (χ0n) is 21.5. The van der Waals surface area contributed by atoms with Crippen LogP contribution >= 0.6 is 15.9 Å². The number of rotatable bonds is 22. The number of hydrogen-bond donors (Lipinski definition) is 0. The van der Waals surface area contributed by atoms with Crippen LogP contribution in [0.5, 0.6) is 0 Å². The van der Waals surface area contributed by atoms with Crippen LogP contribution in [0.25, 0.3) is 0 Å². The van der Waals surface area contributed by atoms with Gasteiger partial charge in [0.25, 0.3) is 0 Å². The minimum absolute atomic E-state index is 0.520. The molecule has 0 aromatic carbocycles. The van der Waals surface area contributed by atoms with Gasteiger partial charge in [-0.1, -0.05) is 129 Å². The molecule has 31 heavy (non-hydrogen) atoms. The number of nitrogens with zero attached hydrogens (tertiary/aromatic N) is 2. The maximum Gasteiger partial charge on any atom is 0.0987 e. The van der Waals surface area contributed by atoms with Crippen molar-refractivity contribution >= 4 is 15.9 Å². The third-order valence-electron chi connectivity index (χ3n) is 7.00. The Labute approximate surface area is 204 Å². The van der Waals surface area contributed by atoms with Crippen molar-refractivity contribution in [3.8, 4) is 0 Å². The van der Waals surface area contributed by atoms with E-state index in [1.165, 1.54) is 146 Å². The van der Waals surface area contributed by atoms with Gasteiger partial charge in [0, 0.05) is 19.3 Å². The summed E-state index contributed by atoms with van der Waals surface area (Å²) < 4.78 is 1.29. The molecule has 0 fully saturated rings. The van der Waals surface area contributed by atoms with E-state index >= 15 is 0 Å². The van der Waals surface area contributed by atoms with Gasteiger partial charge in [-0.2, -0.15) is 0 Å². The summed E-state index contributed by atoms with van der Waals surface area (Å²) in [4.78, 5) is 5.10. The predicted molar refractivity (Wildman–Crippen MR) is 144 cm³/mol. The van der Waals surface area contributed by atoms with E-state index in [-0.39, 0.29) is 0 Å². The summed E-state index contributed by atoms with van der Waals surface area (Å²) in [5.41, 5.74) is 0. The van der Waals surface area contributed by atoms with Gasteiger partial charge < -0.3 is 9.80 Å². The molecule has 1 atom stereocenters. The van der Waals surface area contributed by atoms with Gasteiger partial charge >= 0.3 is 0 Å². The molecule has 0 aromatic rings. The number of unbranched alkanes of at least 4 members (excludes halogenated alkanes) is 18. The normalized spacial score (nSPS) is 16.4. The molecule has 0 aromatic heterocycles. The van der Waals surface area contributed by atoms with Crippen LogP contribution in [0.1, 0.15) is 149 Å². The first-order valence-electron chi connectivity index (χ1n) is 14.1. The third kappa shape index (κ3) is 14.6. The summed E-state index contributed by atoms with van der Waals surface area (Å²) in [6.07, 6.45) is 31.2. The lowest BCUT2D eigenvalue weighted by molar-refractivity contribution is 0.163. The van der Waals surface area contributed by atoms with Gasteiger partial charge in [-0.25, -0.2) is 0 Å². The second kappa shape index (κ2) is 20.4. The van der Waals surface area contributed by atoms with Crippen molar-refractivity contribution in [2.75, 3.05) is 13.1 Å². The van der Waals surface area contributed by atoms with Crippen LogP contribution in [0.4, 0.5) is 0 Å². The fraction of sp³-hybridized carbons (Fsp3) is 0.929. The molecule has 1 aliphatic heterocycles. The lowest BCUT2D eigenvalue weighted by Gasteiger charge is -2.30. The molecule has 0 spiro atoms. The summed E-state index contributed by atoms with van der Waals surface area (Å²) in [5.74, 6) is 0. The van der Waals surface area contributed by atoms with E-state index in [2.05, 4.69) is 52.7 Å². The first-order valence-corrected chi connectivity index (χ1v) is 14.9. The van der Waals surface area contributed by atoms with Gasteiger partial charge in [-0.3, -0.25) is 0 Å². The molecule has 2 nitrogen and oxygen atoms in total. The molecule has 0 amide bonds. The Morgan fingerprint density at radius 2 is 0.935 bits per heavy atom. The molecule has 0 radical (unpaired) electrons.